The van der Waals surface area contributed by atoms with Crippen LogP contribution < -0.4 is 0 Å². The van der Waals surface area contributed by atoms with Crippen LogP contribution in [-0.2, 0) is 0 Å². The van der Waals surface area contributed by atoms with Crippen molar-refractivity contribution in [3.8, 4) is 0 Å². The van der Waals surface area contributed by atoms with Gasteiger partial charge in [-0.25, -0.2) is 4.39 Å². The molecule has 0 spiro atoms. The lowest BCUT2D eigenvalue weighted by Crippen LogP contribution is -2.48. The molecule has 1 aliphatic heterocycles. The summed E-state index contributed by atoms with van der Waals surface area (Å²) in [6, 6.07) is 1.43. The summed E-state index contributed by atoms with van der Waals surface area (Å²) in [4.78, 5) is 19.7. The molecule has 2 rings (SSSR count). The Balaban J connectivity index is 2.04. The van der Waals surface area contributed by atoms with Gasteiger partial charge in [-0.3, -0.25) is 9.78 Å². The fraction of sp³-hybridized carbons (Fsp3) is 0.500. The van der Waals surface area contributed by atoms with Crippen LogP contribution in [0.25, 0.3) is 0 Å². The summed E-state index contributed by atoms with van der Waals surface area (Å²) in [7, 11) is 0. The Morgan fingerprint density at radius 2 is 2.12 bits per heavy atom. The maximum atomic E-state index is 13.4. The highest BCUT2D eigenvalue weighted by Gasteiger charge is 2.23. The number of amides is 1. The molecule has 0 N–H and O–H groups in total. The Morgan fingerprint density at radius 1 is 1.41 bits per heavy atom. The lowest BCUT2D eigenvalue weighted by Gasteiger charge is -2.34. The van der Waals surface area contributed by atoms with Gasteiger partial charge in [0, 0.05) is 32.4 Å². The molecular formula is C12H16FN3O. The molecule has 0 aromatic carbocycles. The summed E-state index contributed by atoms with van der Waals surface area (Å²) in [6.07, 6.45) is 2.52. The Kier molecular flexibility index (Phi) is 3.68. The summed E-state index contributed by atoms with van der Waals surface area (Å²) in [6.45, 7) is 6.12. The van der Waals surface area contributed by atoms with Crippen molar-refractivity contribution in [2.45, 2.75) is 6.92 Å². The molecule has 1 aromatic rings. The van der Waals surface area contributed by atoms with E-state index in [0.717, 1.165) is 25.8 Å². The largest absolute Gasteiger partial charge is 0.336 e. The van der Waals surface area contributed by atoms with Crippen molar-refractivity contribution in [3.63, 3.8) is 0 Å². The van der Waals surface area contributed by atoms with Gasteiger partial charge in [0.05, 0.1) is 11.8 Å². The van der Waals surface area contributed by atoms with E-state index in [1.165, 1.54) is 12.3 Å². The van der Waals surface area contributed by atoms with Gasteiger partial charge >= 0.3 is 0 Å². The van der Waals surface area contributed by atoms with E-state index in [4.69, 9.17) is 0 Å². The molecule has 17 heavy (non-hydrogen) atoms. The second-order valence-electron chi connectivity index (χ2n) is 4.08. The van der Waals surface area contributed by atoms with Crippen molar-refractivity contribution in [1.82, 2.24) is 14.8 Å². The number of likely N-dealkylation sites (N-methyl/N-ethyl adjacent to an activating group) is 1. The molecule has 1 aromatic heterocycles. The molecule has 1 aliphatic rings. The number of carbonyl (C=O) groups excluding carboxylic acids is 1. The van der Waals surface area contributed by atoms with Crippen LogP contribution in [0.3, 0.4) is 0 Å². The lowest BCUT2D eigenvalue weighted by molar-refractivity contribution is 0.0638. The number of carbonyl (C=O) groups is 1. The first-order valence-electron chi connectivity index (χ1n) is 5.83. The fourth-order valence-corrected chi connectivity index (χ4v) is 1.99. The first-order valence-corrected chi connectivity index (χ1v) is 5.83. The van der Waals surface area contributed by atoms with E-state index in [2.05, 4.69) is 16.8 Å². The monoisotopic (exact) mass is 237 g/mol. The molecule has 1 amide bonds. The standard InChI is InChI=1S/C12H16FN3O/c1-2-15-5-7-16(8-6-15)12(17)10-3-4-14-9-11(10)13/h3-4,9H,2,5-8H2,1H3. The van der Waals surface area contributed by atoms with E-state index in [1.54, 1.807) is 4.90 Å². The number of aromatic nitrogens is 1. The molecule has 0 unspecified atom stereocenters. The van der Waals surface area contributed by atoms with Crippen LogP contribution >= 0.6 is 0 Å². The van der Waals surface area contributed by atoms with Crippen molar-refractivity contribution in [2.24, 2.45) is 0 Å². The number of rotatable bonds is 2. The lowest BCUT2D eigenvalue weighted by atomic mass is 10.2. The minimum absolute atomic E-state index is 0.116. The molecule has 2 heterocycles. The van der Waals surface area contributed by atoms with Crippen molar-refractivity contribution in [1.29, 1.82) is 0 Å². The predicted octanol–water partition coefficient (Wildman–Crippen LogP) is 0.998. The van der Waals surface area contributed by atoms with E-state index in [0.29, 0.717) is 13.1 Å². The number of halogens is 1. The Labute approximate surface area is 100 Å². The molecule has 0 saturated carbocycles. The van der Waals surface area contributed by atoms with Crippen LogP contribution in [0.1, 0.15) is 17.3 Å². The molecule has 0 aliphatic carbocycles. The third-order valence-electron chi connectivity index (χ3n) is 3.11. The highest BCUT2D eigenvalue weighted by Crippen LogP contribution is 2.11. The maximum Gasteiger partial charge on any atom is 0.257 e. The van der Waals surface area contributed by atoms with Gasteiger partial charge in [0.15, 0.2) is 5.82 Å². The first kappa shape index (κ1) is 12.0. The quantitative estimate of drug-likeness (QED) is 0.770. The van der Waals surface area contributed by atoms with Crippen LogP contribution in [0.15, 0.2) is 18.5 Å². The van der Waals surface area contributed by atoms with Gasteiger partial charge in [0.2, 0.25) is 0 Å². The molecule has 1 saturated heterocycles. The summed E-state index contributed by atoms with van der Waals surface area (Å²) in [5.74, 6) is -0.781. The Morgan fingerprint density at radius 3 is 2.71 bits per heavy atom. The number of hydrogen-bond donors (Lipinski definition) is 0. The molecule has 0 bridgehead atoms. The van der Waals surface area contributed by atoms with E-state index in [1.807, 2.05) is 0 Å². The second kappa shape index (κ2) is 5.23. The second-order valence-corrected chi connectivity index (χ2v) is 4.08. The van der Waals surface area contributed by atoms with E-state index >= 15 is 0 Å². The highest BCUT2D eigenvalue weighted by atomic mass is 19.1. The van der Waals surface area contributed by atoms with Crippen molar-refractivity contribution >= 4 is 5.91 Å². The minimum Gasteiger partial charge on any atom is -0.336 e. The summed E-state index contributed by atoms with van der Waals surface area (Å²) < 4.78 is 13.4. The van der Waals surface area contributed by atoms with Crippen LogP contribution in [0, 0.1) is 5.82 Å². The molecule has 5 heteroatoms. The van der Waals surface area contributed by atoms with Crippen molar-refractivity contribution in [3.05, 3.63) is 29.8 Å². The van der Waals surface area contributed by atoms with E-state index in [9.17, 15) is 9.18 Å². The van der Waals surface area contributed by atoms with Crippen LogP contribution in [0.5, 0.6) is 0 Å². The Bertz CT molecular complexity index is 402. The smallest absolute Gasteiger partial charge is 0.257 e. The normalized spacial score (nSPS) is 17.2. The SMILES string of the molecule is CCN1CCN(C(=O)c2ccncc2F)CC1. The van der Waals surface area contributed by atoms with Gasteiger partial charge in [-0.2, -0.15) is 0 Å². The number of nitrogens with zero attached hydrogens (tertiary/aromatic N) is 3. The van der Waals surface area contributed by atoms with Gasteiger partial charge in [-0.05, 0) is 12.6 Å². The first-order chi connectivity index (χ1) is 8.22. The zero-order chi connectivity index (χ0) is 12.3. The number of piperazine rings is 1. The third-order valence-corrected chi connectivity index (χ3v) is 3.11. The summed E-state index contributed by atoms with van der Waals surface area (Å²) in [5, 5.41) is 0. The molecule has 0 atom stereocenters. The molecule has 1 fully saturated rings. The van der Waals surface area contributed by atoms with Gasteiger partial charge in [0.1, 0.15) is 0 Å². The fourth-order valence-electron chi connectivity index (χ4n) is 1.99. The number of hydrogen-bond acceptors (Lipinski definition) is 3. The van der Waals surface area contributed by atoms with Crippen LogP contribution in [-0.4, -0.2) is 53.4 Å². The van der Waals surface area contributed by atoms with Gasteiger partial charge in [-0.1, -0.05) is 6.92 Å². The van der Waals surface area contributed by atoms with E-state index in [-0.39, 0.29) is 11.5 Å². The summed E-state index contributed by atoms with van der Waals surface area (Å²) in [5.41, 5.74) is 0.116. The zero-order valence-corrected chi connectivity index (χ0v) is 9.90. The minimum atomic E-state index is -0.546. The number of pyridine rings is 1. The molecular weight excluding hydrogens is 221 g/mol. The maximum absolute atomic E-state index is 13.4. The van der Waals surface area contributed by atoms with Crippen LogP contribution in [0.2, 0.25) is 0 Å². The predicted molar refractivity (Wildman–Crippen MR) is 62.2 cm³/mol. The average molecular weight is 237 g/mol. The van der Waals surface area contributed by atoms with Gasteiger partial charge in [0.25, 0.3) is 5.91 Å². The average Bonchev–Trinajstić information content (AvgIpc) is 2.39. The van der Waals surface area contributed by atoms with E-state index < -0.39 is 5.82 Å². The molecule has 0 radical (unpaired) electrons. The van der Waals surface area contributed by atoms with Crippen molar-refractivity contribution in [2.75, 3.05) is 32.7 Å². The molecule has 4 nitrogen and oxygen atoms in total. The zero-order valence-electron chi connectivity index (χ0n) is 9.90. The summed E-state index contributed by atoms with van der Waals surface area (Å²) >= 11 is 0. The van der Waals surface area contributed by atoms with Gasteiger partial charge < -0.3 is 9.80 Å². The van der Waals surface area contributed by atoms with Crippen LogP contribution in [0.4, 0.5) is 4.39 Å². The third kappa shape index (κ3) is 2.61. The molecule has 92 valence electrons. The highest BCUT2D eigenvalue weighted by molar-refractivity contribution is 5.94. The van der Waals surface area contributed by atoms with Gasteiger partial charge in [-0.15, -0.1) is 0 Å². The Hall–Kier alpha value is -1.49. The van der Waals surface area contributed by atoms with Crippen molar-refractivity contribution < 1.29 is 9.18 Å². The topological polar surface area (TPSA) is 36.4 Å².